The van der Waals surface area contributed by atoms with E-state index in [1.54, 1.807) is 0 Å². The standard InChI is InChI=1S/C51H32NO/c1-4-11-32(12-5-1)35-17-10-18-38(27-35)43-28-37(34-15-8-3-9-16-34)20-25-48(43)52-39-21-26-49-46(30-39)42-24-23-41-45-31-44(45)40-22-19-36(33-13-6-2-7-14-33)29-47(40)50(41)51(42)53-49/h1-31,52H. The number of hydrogen-bond donors (Lipinski definition) is 1. The summed E-state index contributed by atoms with van der Waals surface area (Å²) < 4.78 is 6.77. The molecule has 10 aromatic rings. The van der Waals surface area contributed by atoms with Crippen molar-refractivity contribution >= 4 is 54.9 Å². The molecule has 1 aliphatic carbocycles. The molecule has 0 saturated carbocycles. The number of fused-ring (bicyclic) bond motifs is 10. The SMILES string of the molecule is [CH]1c2c1c1ccc3c4cc(Nc5ccc(-c6ccccc6)cc5-c5cccc(-c6ccccc6)c5)ccc4oc3c1c1cc(-c3ccccc3)ccc21. The molecule has 2 nitrogen and oxygen atoms in total. The van der Waals surface area contributed by atoms with Gasteiger partial charge in [0.25, 0.3) is 0 Å². The maximum Gasteiger partial charge on any atom is 0.143 e. The summed E-state index contributed by atoms with van der Waals surface area (Å²) in [6, 6.07) is 65.2. The van der Waals surface area contributed by atoms with Gasteiger partial charge in [0.1, 0.15) is 11.2 Å². The Morgan fingerprint density at radius 1 is 0.358 bits per heavy atom. The van der Waals surface area contributed by atoms with E-state index in [1.807, 2.05) is 0 Å². The van der Waals surface area contributed by atoms with Crippen molar-refractivity contribution in [3.8, 4) is 44.5 Å². The largest absolute Gasteiger partial charge is 0.455 e. The summed E-state index contributed by atoms with van der Waals surface area (Å²) in [6.45, 7) is 0. The van der Waals surface area contributed by atoms with Gasteiger partial charge >= 0.3 is 0 Å². The van der Waals surface area contributed by atoms with Gasteiger partial charge in [-0.15, -0.1) is 0 Å². The van der Waals surface area contributed by atoms with E-state index in [-0.39, 0.29) is 0 Å². The van der Waals surface area contributed by atoms with Crippen LogP contribution in [0.2, 0.25) is 0 Å². The highest BCUT2D eigenvalue weighted by Gasteiger charge is 2.27. The van der Waals surface area contributed by atoms with Crippen LogP contribution in [-0.4, -0.2) is 0 Å². The van der Waals surface area contributed by atoms with Crippen LogP contribution in [0, 0.1) is 6.42 Å². The minimum absolute atomic E-state index is 0.884. The second-order valence-electron chi connectivity index (χ2n) is 14.0. The first-order valence-corrected chi connectivity index (χ1v) is 18.2. The summed E-state index contributed by atoms with van der Waals surface area (Å²) >= 11 is 0. The number of nitrogens with one attached hydrogen (secondary N) is 1. The molecule has 1 aromatic heterocycles. The van der Waals surface area contributed by atoms with Crippen molar-refractivity contribution in [2.75, 3.05) is 5.32 Å². The summed E-state index contributed by atoms with van der Waals surface area (Å²) in [6.07, 6.45) is 2.31. The monoisotopic (exact) mass is 674 g/mol. The van der Waals surface area contributed by atoms with E-state index in [0.29, 0.717) is 0 Å². The van der Waals surface area contributed by atoms with Gasteiger partial charge in [-0.25, -0.2) is 0 Å². The van der Waals surface area contributed by atoms with E-state index in [9.17, 15) is 0 Å². The van der Waals surface area contributed by atoms with Crippen LogP contribution in [-0.2, 0) is 0 Å². The van der Waals surface area contributed by atoms with E-state index in [1.165, 1.54) is 66.1 Å². The minimum atomic E-state index is 0.884. The molecular weight excluding hydrogens is 643 g/mol. The summed E-state index contributed by atoms with van der Waals surface area (Å²) in [5.74, 6) is 0. The number of furan rings is 1. The lowest BCUT2D eigenvalue weighted by Crippen LogP contribution is -1.94. The van der Waals surface area contributed by atoms with Crippen molar-refractivity contribution < 1.29 is 4.42 Å². The van der Waals surface area contributed by atoms with Crippen LogP contribution in [0.25, 0.3) is 88.0 Å². The molecule has 0 saturated heterocycles. The van der Waals surface area contributed by atoms with Gasteiger partial charge in [0.05, 0.1) is 0 Å². The van der Waals surface area contributed by atoms with Gasteiger partial charge in [0, 0.05) is 39.5 Å². The van der Waals surface area contributed by atoms with Crippen LogP contribution in [0.15, 0.2) is 186 Å². The molecule has 247 valence electrons. The summed E-state index contributed by atoms with van der Waals surface area (Å²) in [5, 5.41) is 11.0. The maximum atomic E-state index is 6.77. The highest BCUT2D eigenvalue weighted by molar-refractivity contribution is 6.27. The molecule has 11 rings (SSSR count). The van der Waals surface area contributed by atoms with Gasteiger partial charge in [0.15, 0.2) is 0 Å². The quantitative estimate of drug-likeness (QED) is 0.178. The van der Waals surface area contributed by atoms with Crippen LogP contribution in [0.3, 0.4) is 0 Å². The molecule has 1 radical (unpaired) electrons. The average Bonchev–Trinajstić information content (AvgIpc) is 3.96. The molecule has 0 unspecified atom stereocenters. The first-order chi connectivity index (χ1) is 26.2. The van der Waals surface area contributed by atoms with Gasteiger partial charge in [-0.2, -0.15) is 0 Å². The topological polar surface area (TPSA) is 25.2 Å². The molecule has 0 spiro atoms. The number of benzene rings is 9. The molecular formula is C51H32NO. The predicted molar refractivity (Wildman–Crippen MR) is 223 cm³/mol. The zero-order valence-electron chi connectivity index (χ0n) is 28.8. The highest BCUT2D eigenvalue weighted by Crippen LogP contribution is 2.49. The Balaban J connectivity index is 1.05. The maximum absolute atomic E-state index is 6.77. The lowest BCUT2D eigenvalue weighted by molar-refractivity contribution is 0.673. The molecule has 0 aliphatic heterocycles. The fraction of sp³-hybridized carbons (Fsp3) is 0. The molecule has 1 heterocycles. The van der Waals surface area contributed by atoms with Crippen molar-refractivity contribution in [2.45, 2.75) is 0 Å². The highest BCUT2D eigenvalue weighted by atomic mass is 16.3. The van der Waals surface area contributed by atoms with Crippen LogP contribution < -0.4 is 5.32 Å². The third kappa shape index (κ3) is 5.03. The second-order valence-corrected chi connectivity index (χ2v) is 14.0. The van der Waals surface area contributed by atoms with Crippen molar-refractivity contribution in [1.29, 1.82) is 0 Å². The van der Waals surface area contributed by atoms with Crippen molar-refractivity contribution in [2.24, 2.45) is 0 Å². The molecule has 0 bridgehead atoms. The normalized spacial score (nSPS) is 12.1. The molecule has 0 amide bonds. The Morgan fingerprint density at radius 3 is 1.68 bits per heavy atom. The fourth-order valence-electron chi connectivity index (χ4n) is 8.11. The lowest BCUT2D eigenvalue weighted by Gasteiger charge is -2.16. The van der Waals surface area contributed by atoms with E-state index in [0.717, 1.165) is 44.4 Å². The molecule has 9 aromatic carbocycles. The van der Waals surface area contributed by atoms with Gasteiger partial charge in [-0.1, -0.05) is 133 Å². The Labute approximate surface area is 307 Å². The minimum Gasteiger partial charge on any atom is -0.455 e. The molecule has 1 N–H and O–H groups in total. The van der Waals surface area contributed by atoms with Gasteiger partial charge in [-0.05, 0) is 115 Å². The third-order valence-corrected chi connectivity index (χ3v) is 10.8. The Kier molecular flexibility index (Phi) is 6.65. The molecule has 53 heavy (non-hydrogen) atoms. The van der Waals surface area contributed by atoms with Gasteiger partial charge in [-0.3, -0.25) is 0 Å². The van der Waals surface area contributed by atoms with E-state index in [2.05, 4.69) is 194 Å². The van der Waals surface area contributed by atoms with E-state index in [4.69, 9.17) is 4.42 Å². The number of rotatable bonds is 6. The Hall–Kier alpha value is -6.90. The molecule has 0 fully saturated rings. The first kappa shape index (κ1) is 29.8. The van der Waals surface area contributed by atoms with E-state index >= 15 is 0 Å². The third-order valence-electron chi connectivity index (χ3n) is 10.8. The molecule has 1 aliphatic rings. The van der Waals surface area contributed by atoms with Crippen molar-refractivity contribution in [3.63, 3.8) is 0 Å². The lowest BCUT2D eigenvalue weighted by atomic mass is 9.94. The first-order valence-electron chi connectivity index (χ1n) is 18.2. The van der Waals surface area contributed by atoms with E-state index < -0.39 is 0 Å². The smallest absolute Gasteiger partial charge is 0.143 e. The Morgan fingerprint density at radius 2 is 0.943 bits per heavy atom. The predicted octanol–water partition coefficient (Wildman–Crippen LogP) is 14.2. The fourth-order valence-corrected chi connectivity index (χ4v) is 8.11. The number of anilines is 2. The molecule has 2 heteroatoms. The zero-order valence-corrected chi connectivity index (χ0v) is 28.8. The summed E-state index contributed by atoms with van der Waals surface area (Å²) in [5.41, 5.74) is 16.1. The van der Waals surface area contributed by atoms with Crippen molar-refractivity contribution in [1.82, 2.24) is 0 Å². The second kappa shape index (κ2) is 11.8. The van der Waals surface area contributed by atoms with Crippen LogP contribution >= 0.6 is 0 Å². The summed E-state index contributed by atoms with van der Waals surface area (Å²) in [4.78, 5) is 0. The van der Waals surface area contributed by atoms with Crippen LogP contribution in [0.4, 0.5) is 11.4 Å². The zero-order chi connectivity index (χ0) is 34.9. The van der Waals surface area contributed by atoms with Gasteiger partial charge < -0.3 is 9.73 Å². The van der Waals surface area contributed by atoms with Crippen LogP contribution in [0.1, 0.15) is 11.1 Å². The number of hydrogen-bond acceptors (Lipinski definition) is 2. The van der Waals surface area contributed by atoms with Crippen molar-refractivity contribution in [3.05, 3.63) is 200 Å². The van der Waals surface area contributed by atoms with Gasteiger partial charge in [0.2, 0.25) is 0 Å². The summed E-state index contributed by atoms with van der Waals surface area (Å²) in [7, 11) is 0. The molecule has 0 atom stereocenters. The Bertz CT molecular complexity index is 3030. The van der Waals surface area contributed by atoms with Crippen LogP contribution in [0.5, 0.6) is 0 Å². The average molecular weight is 675 g/mol.